The van der Waals surface area contributed by atoms with E-state index < -0.39 is 16.4 Å². The van der Waals surface area contributed by atoms with E-state index in [1.807, 2.05) is 0 Å². The zero-order valence-electron chi connectivity index (χ0n) is 9.81. The molecule has 0 saturated heterocycles. The van der Waals surface area contributed by atoms with E-state index >= 15 is 0 Å². The summed E-state index contributed by atoms with van der Waals surface area (Å²) in [6, 6.07) is 4.11. The molecule has 2 atom stereocenters. The summed E-state index contributed by atoms with van der Waals surface area (Å²) in [5.74, 6) is -0.291. The molecule has 1 aliphatic carbocycles. The van der Waals surface area contributed by atoms with Gasteiger partial charge in [0.15, 0.2) is 0 Å². The molecule has 0 aromatic heterocycles. The van der Waals surface area contributed by atoms with Crippen LogP contribution in [0, 0.1) is 27.3 Å². The predicted octanol–water partition coefficient (Wildman–Crippen LogP) is 2.43. The van der Waals surface area contributed by atoms with Crippen LogP contribution in [0.15, 0.2) is 18.2 Å². The van der Waals surface area contributed by atoms with Crippen molar-refractivity contribution < 1.29 is 9.31 Å². The molecular formula is C12H15FN2O2. The predicted molar refractivity (Wildman–Crippen MR) is 62.1 cm³/mol. The first-order chi connectivity index (χ1) is 7.89. The van der Waals surface area contributed by atoms with Crippen LogP contribution in [-0.4, -0.2) is 11.5 Å². The number of nitrogens with two attached hydrogens (primary N) is 1. The standard InChI is InChI=1S/C12H15FN2O2/c1-12(2)8(6-14)11(12)7-3-4-9(13)10(5-7)15(16)17/h3-5,8,11H,6,14H2,1-2H3/t8-,11-/m1/s1. The fourth-order valence-electron chi connectivity index (χ4n) is 2.71. The fourth-order valence-corrected chi connectivity index (χ4v) is 2.71. The molecule has 1 aromatic rings. The van der Waals surface area contributed by atoms with Crippen molar-refractivity contribution in [2.75, 3.05) is 6.54 Å². The molecule has 92 valence electrons. The highest BCUT2D eigenvalue weighted by molar-refractivity contribution is 5.42. The summed E-state index contributed by atoms with van der Waals surface area (Å²) >= 11 is 0. The average molecular weight is 238 g/mol. The Balaban J connectivity index is 2.36. The quantitative estimate of drug-likeness (QED) is 0.649. The summed E-state index contributed by atoms with van der Waals surface area (Å²) in [7, 11) is 0. The summed E-state index contributed by atoms with van der Waals surface area (Å²) in [5, 5.41) is 10.7. The summed E-state index contributed by atoms with van der Waals surface area (Å²) < 4.78 is 13.2. The minimum Gasteiger partial charge on any atom is -0.330 e. The van der Waals surface area contributed by atoms with Gasteiger partial charge in [0.2, 0.25) is 5.82 Å². The Morgan fingerprint density at radius 2 is 2.18 bits per heavy atom. The third-order valence-electron chi connectivity index (χ3n) is 3.83. The van der Waals surface area contributed by atoms with Crippen molar-refractivity contribution in [2.45, 2.75) is 19.8 Å². The Bertz CT molecular complexity index is 474. The third kappa shape index (κ3) is 1.80. The van der Waals surface area contributed by atoms with Gasteiger partial charge in [0.05, 0.1) is 4.92 Å². The van der Waals surface area contributed by atoms with Gasteiger partial charge in [-0.15, -0.1) is 0 Å². The van der Waals surface area contributed by atoms with Crippen molar-refractivity contribution >= 4 is 5.69 Å². The van der Waals surface area contributed by atoms with Crippen LogP contribution in [0.2, 0.25) is 0 Å². The lowest BCUT2D eigenvalue weighted by molar-refractivity contribution is -0.387. The van der Waals surface area contributed by atoms with Gasteiger partial charge in [-0.2, -0.15) is 4.39 Å². The van der Waals surface area contributed by atoms with Gasteiger partial charge >= 0.3 is 5.69 Å². The second kappa shape index (κ2) is 3.77. The first-order valence-corrected chi connectivity index (χ1v) is 5.53. The van der Waals surface area contributed by atoms with Crippen molar-refractivity contribution in [2.24, 2.45) is 17.1 Å². The van der Waals surface area contributed by atoms with Gasteiger partial charge < -0.3 is 5.73 Å². The Morgan fingerprint density at radius 3 is 2.65 bits per heavy atom. The lowest BCUT2D eigenvalue weighted by Crippen LogP contribution is -2.05. The Kier molecular flexibility index (Phi) is 2.66. The van der Waals surface area contributed by atoms with E-state index in [1.165, 1.54) is 6.07 Å². The third-order valence-corrected chi connectivity index (χ3v) is 3.83. The molecule has 1 saturated carbocycles. The first-order valence-electron chi connectivity index (χ1n) is 5.53. The number of halogens is 1. The minimum absolute atomic E-state index is 0.0421. The molecule has 0 radical (unpaired) electrons. The molecule has 1 fully saturated rings. The molecule has 0 amide bonds. The molecule has 5 heteroatoms. The van der Waals surface area contributed by atoms with E-state index in [1.54, 1.807) is 6.07 Å². The zero-order valence-corrected chi connectivity index (χ0v) is 9.81. The Hall–Kier alpha value is -1.49. The van der Waals surface area contributed by atoms with Gasteiger partial charge in [0.1, 0.15) is 0 Å². The zero-order chi connectivity index (χ0) is 12.8. The lowest BCUT2D eigenvalue weighted by Gasteiger charge is -2.03. The first kappa shape index (κ1) is 12.0. The lowest BCUT2D eigenvalue weighted by atomic mass is 10.0. The Labute approximate surface area is 98.8 Å². The summed E-state index contributed by atoms with van der Waals surface area (Å²) in [6.45, 7) is 4.69. The second-order valence-corrected chi connectivity index (χ2v) is 5.11. The molecular weight excluding hydrogens is 223 g/mol. The topological polar surface area (TPSA) is 69.2 Å². The molecule has 0 heterocycles. The molecule has 2 N–H and O–H groups in total. The summed E-state index contributed by atoms with van der Waals surface area (Å²) in [4.78, 5) is 9.98. The van der Waals surface area contributed by atoms with Crippen LogP contribution in [0.1, 0.15) is 25.3 Å². The minimum atomic E-state index is -0.790. The van der Waals surface area contributed by atoms with E-state index in [4.69, 9.17) is 5.73 Å². The van der Waals surface area contributed by atoms with Gasteiger partial charge in [-0.1, -0.05) is 19.9 Å². The van der Waals surface area contributed by atoms with Crippen LogP contribution in [0.5, 0.6) is 0 Å². The van der Waals surface area contributed by atoms with Crippen molar-refractivity contribution in [3.05, 3.63) is 39.7 Å². The van der Waals surface area contributed by atoms with E-state index in [0.29, 0.717) is 12.5 Å². The van der Waals surface area contributed by atoms with Crippen LogP contribution in [0.4, 0.5) is 10.1 Å². The molecule has 2 rings (SSSR count). The Morgan fingerprint density at radius 1 is 1.53 bits per heavy atom. The highest BCUT2D eigenvalue weighted by atomic mass is 19.1. The second-order valence-electron chi connectivity index (χ2n) is 5.11. The number of nitro groups is 1. The fraction of sp³-hybridized carbons (Fsp3) is 0.500. The maximum atomic E-state index is 13.2. The average Bonchev–Trinajstić information content (AvgIpc) is 2.81. The molecule has 0 aliphatic heterocycles. The van der Waals surface area contributed by atoms with Crippen LogP contribution >= 0.6 is 0 Å². The normalized spacial score (nSPS) is 25.6. The van der Waals surface area contributed by atoms with Crippen LogP contribution < -0.4 is 5.73 Å². The molecule has 0 bridgehead atoms. The van der Waals surface area contributed by atoms with Crippen molar-refractivity contribution in [3.63, 3.8) is 0 Å². The highest BCUT2D eigenvalue weighted by Gasteiger charge is 2.57. The van der Waals surface area contributed by atoms with Gasteiger partial charge in [0, 0.05) is 6.07 Å². The molecule has 4 nitrogen and oxygen atoms in total. The van der Waals surface area contributed by atoms with Crippen molar-refractivity contribution in [1.29, 1.82) is 0 Å². The molecule has 1 aromatic carbocycles. The van der Waals surface area contributed by atoms with E-state index in [0.717, 1.165) is 11.6 Å². The van der Waals surface area contributed by atoms with E-state index in [-0.39, 0.29) is 11.3 Å². The highest BCUT2D eigenvalue weighted by Crippen LogP contribution is 2.64. The van der Waals surface area contributed by atoms with Gasteiger partial charge in [0.25, 0.3) is 0 Å². The molecule has 0 spiro atoms. The van der Waals surface area contributed by atoms with Crippen LogP contribution in [0.25, 0.3) is 0 Å². The van der Waals surface area contributed by atoms with E-state index in [9.17, 15) is 14.5 Å². The number of hydrogen-bond donors (Lipinski definition) is 1. The number of hydrogen-bond acceptors (Lipinski definition) is 3. The largest absolute Gasteiger partial charge is 0.330 e. The summed E-state index contributed by atoms with van der Waals surface area (Å²) in [6.07, 6.45) is 0. The number of benzene rings is 1. The van der Waals surface area contributed by atoms with Crippen molar-refractivity contribution in [3.8, 4) is 0 Å². The summed E-state index contributed by atoms with van der Waals surface area (Å²) in [5.41, 5.74) is 6.05. The van der Waals surface area contributed by atoms with E-state index in [2.05, 4.69) is 13.8 Å². The SMILES string of the molecule is CC1(C)[C@H](CN)[C@H]1c1ccc(F)c([N+](=O)[O-])c1. The van der Waals surface area contributed by atoms with Gasteiger partial charge in [-0.25, -0.2) is 0 Å². The number of rotatable bonds is 3. The maximum Gasteiger partial charge on any atom is 0.305 e. The monoisotopic (exact) mass is 238 g/mol. The molecule has 1 aliphatic rings. The number of nitrogens with zero attached hydrogens (tertiary/aromatic N) is 1. The van der Waals surface area contributed by atoms with Crippen LogP contribution in [0.3, 0.4) is 0 Å². The van der Waals surface area contributed by atoms with Gasteiger partial charge in [-0.3, -0.25) is 10.1 Å². The maximum absolute atomic E-state index is 13.2. The number of nitro benzene ring substituents is 1. The van der Waals surface area contributed by atoms with Gasteiger partial charge in [-0.05, 0) is 35.4 Å². The molecule has 17 heavy (non-hydrogen) atoms. The van der Waals surface area contributed by atoms with Crippen molar-refractivity contribution in [1.82, 2.24) is 0 Å². The molecule has 0 unspecified atom stereocenters. The smallest absolute Gasteiger partial charge is 0.305 e. The van der Waals surface area contributed by atoms with Crippen LogP contribution in [-0.2, 0) is 0 Å².